The Morgan fingerprint density at radius 3 is 2.41 bits per heavy atom. The highest BCUT2D eigenvalue weighted by Crippen LogP contribution is 2.20. The van der Waals surface area contributed by atoms with Gasteiger partial charge in [0.2, 0.25) is 5.91 Å². The van der Waals surface area contributed by atoms with Crippen LogP contribution in [-0.4, -0.2) is 50.1 Å². The fourth-order valence-electron chi connectivity index (χ4n) is 3.40. The molecule has 0 atom stereocenters. The van der Waals surface area contributed by atoms with Gasteiger partial charge in [0.1, 0.15) is 11.6 Å². The number of carbonyl (C=O) groups is 1. The predicted octanol–water partition coefficient (Wildman–Crippen LogP) is 3.70. The number of benzene rings is 2. The Labute approximate surface area is 170 Å². The number of halogens is 2. The lowest BCUT2D eigenvalue weighted by Gasteiger charge is -2.36. The number of piperazine rings is 1. The highest BCUT2D eigenvalue weighted by Gasteiger charge is 2.18. The van der Waals surface area contributed by atoms with E-state index in [1.807, 2.05) is 12.1 Å². The van der Waals surface area contributed by atoms with Gasteiger partial charge in [0.05, 0.1) is 5.69 Å². The second-order valence-corrected chi connectivity index (χ2v) is 7.16. The van der Waals surface area contributed by atoms with Crippen LogP contribution in [0.25, 0.3) is 6.08 Å². The number of hydrogen-bond donors (Lipinski definition) is 1. The highest BCUT2D eigenvalue weighted by atomic mass is 19.1. The number of rotatable bonds is 8. The van der Waals surface area contributed by atoms with Gasteiger partial charge in [-0.25, -0.2) is 8.78 Å². The van der Waals surface area contributed by atoms with Crippen LogP contribution in [0.3, 0.4) is 0 Å². The monoisotopic (exact) mass is 399 g/mol. The first kappa shape index (κ1) is 21.0. The molecule has 6 heteroatoms. The summed E-state index contributed by atoms with van der Waals surface area (Å²) in [7, 11) is 0. The Hall–Kier alpha value is -2.73. The molecule has 0 aromatic heterocycles. The maximum Gasteiger partial charge on any atom is 0.243 e. The van der Waals surface area contributed by atoms with Crippen molar-refractivity contribution in [3.8, 4) is 0 Å². The molecule has 0 unspecified atom stereocenters. The van der Waals surface area contributed by atoms with Crippen LogP contribution >= 0.6 is 0 Å². The molecule has 0 bridgehead atoms. The van der Waals surface area contributed by atoms with E-state index in [4.69, 9.17) is 0 Å². The summed E-state index contributed by atoms with van der Waals surface area (Å²) in [5.41, 5.74) is 1.47. The number of unbranched alkanes of at least 4 members (excludes halogenated alkanes) is 1. The molecule has 1 heterocycles. The number of carbonyl (C=O) groups excluding carboxylic acids is 1. The third-order valence-electron chi connectivity index (χ3n) is 5.06. The summed E-state index contributed by atoms with van der Waals surface area (Å²) in [6.07, 6.45) is 5.05. The second kappa shape index (κ2) is 10.7. The lowest BCUT2D eigenvalue weighted by atomic mass is 10.2. The molecule has 2 aromatic carbocycles. The summed E-state index contributed by atoms with van der Waals surface area (Å²) in [4.78, 5) is 16.3. The zero-order valence-corrected chi connectivity index (χ0v) is 16.5. The number of para-hydroxylation sites is 1. The lowest BCUT2D eigenvalue weighted by Crippen LogP contribution is -2.47. The first-order valence-electron chi connectivity index (χ1n) is 10.0. The van der Waals surface area contributed by atoms with Gasteiger partial charge in [-0.2, -0.15) is 0 Å². The number of amides is 1. The van der Waals surface area contributed by atoms with Crippen LogP contribution in [0.5, 0.6) is 0 Å². The van der Waals surface area contributed by atoms with Gasteiger partial charge in [0, 0.05) is 38.8 Å². The predicted molar refractivity (Wildman–Crippen MR) is 113 cm³/mol. The summed E-state index contributed by atoms with van der Waals surface area (Å²) in [5, 5.41) is 2.87. The standard InChI is InChI=1S/C23H27F2N3O/c24-20-10-7-19(8-11-20)9-12-23(29)26-13-3-4-14-27-15-17-28(18-16-27)22-6-2-1-5-21(22)25/h1-2,5-12H,3-4,13-18H2,(H,26,29)/b12-9+. The van der Waals surface area contributed by atoms with E-state index >= 15 is 0 Å². The smallest absolute Gasteiger partial charge is 0.243 e. The molecule has 0 aliphatic carbocycles. The number of anilines is 1. The Morgan fingerprint density at radius 1 is 0.966 bits per heavy atom. The van der Waals surface area contributed by atoms with Gasteiger partial charge in [-0.15, -0.1) is 0 Å². The van der Waals surface area contributed by atoms with Crippen LogP contribution in [0.15, 0.2) is 54.6 Å². The molecule has 1 amide bonds. The van der Waals surface area contributed by atoms with Crippen molar-refractivity contribution in [2.45, 2.75) is 12.8 Å². The third kappa shape index (κ3) is 6.68. The fourth-order valence-corrected chi connectivity index (χ4v) is 3.40. The van der Waals surface area contributed by atoms with Crippen LogP contribution < -0.4 is 10.2 Å². The minimum atomic E-state index is -0.291. The number of hydrogen-bond acceptors (Lipinski definition) is 3. The molecule has 154 valence electrons. The SMILES string of the molecule is O=C(/C=C/c1ccc(F)cc1)NCCCCN1CCN(c2ccccc2F)CC1. The molecule has 29 heavy (non-hydrogen) atoms. The van der Waals surface area contributed by atoms with Crippen molar-refractivity contribution in [2.75, 3.05) is 44.2 Å². The maximum absolute atomic E-state index is 13.9. The molecule has 0 saturated carbocycles. The van der Waals surface area contributed by atoms with E-state index in [0.29, 0.717) is 12.2 Å². The fraction of sp³-hybridized carbons (Fsp3) is 0.348. The molecular formula is C23H27F2N3O. The van der Waals surface area contributed by atoms with Gasteiger partial charge in [-0.1, -0.05) is 24.3 Å². The molecule has 0 spiro atoms. The van der Waals surface area contributed by atoms with E-state index < -0.39 is 0 Å². The molecule has 4 nitrogen and oxygen atoms in total. The normalized spacial score (nSPS) is 15.0. The van der Waals surface area contributed by atoms with E-state index in [0.717, 1.165) is 51.1 Å². The molecule has 2 aromatic rings. The molecule has 1 aliphatic heterocycles. The largest absolute Gasteiger partial charge is 0.367 e. The summed E-state index contributed by atoms with van der Waals surface area (Å²) in [6, 6.07) is 12.9. The van der Waals surface area contributed by atoms with Gasteiger partial charge in [-0.3, -0.25) is 9.69 Å². The van der Waals surface area contributed by atoms with Gasteiger partial charge in [0.25, 0.3) is 0 Å². The average Bonchev–Trinajstić information content (AvgIpc) is 2.74. The molecule has 1 fully saturated rings. The van der Waals surface area contributed by atoms with Crippen LogP contribution in [-0.2, 0) is 4.79 Å². The van der Waals surface area contributed by atoms with E-state index in [2.05, 4.69) is 15.1 Å². The first-order chi connectivity index (χ1) is 14.1. The first-order valence-corrected chi connectivity index (χ1v) is 10.0. The quantitative estimate of drug-likeness (QED) is 0.543. The Bertz CT molecular complexity index is 815. The second-order valence-electron chi connectivity index (χ2n) is 7.16. The average molecular weight is 399 g/mol. The summed E-state index contributed by atoms with van der Waals surface area (Å²) in [6.45, 7) is 5.09. The summed E-state index contributed by atoms with van der Waals surface area (Å²) >= 11 is 0. The number of nitrogens with zero attached hydrogens (tertiary/aromatic N) is 2. The highest BCUT2D eigenvalue weighted by molar-refractivity contribution is 5.91. The zero-order valence-electron chi connectivity index (χ0n) is 16.5. The number of nitrogens with one attached hydrogen (secondary N) is 1. The van der Waals surface area contributed by atoms with Gasteiger partial charge in [0.15, 0.2) is 0 Å². The van der Waals surface area contributed by atoms with Crippen molar-refractivity contribution in [2.24, 2.45) is 0 Å². The van der Waals surface area contributed by atoms with Crippen LogP contribution in [0.2, 0.25) is 0 Å². The van der Waals surface area contributed by atoms with Crippen molar-refractivity contribution >= 4 is 17.7 Å². The van der Waals surface area contributed by atoms with Crippen LogP contribution in [0.1, 0.15) is 18.4 Å². The van der Waals surface area contributed by atoms with Crippen LogP contribution in [0.4, 0.5) is 14.5 Å². The van der Waals surface area contributed by atoms with Crippen molar-refractivity contribution in [3.05, 3.63) is 71.8 Å². The molecule has 1 aliphatic rings. The zero-order chi connectivity index (χ0) is 20.5. The van der Waals surface area contributed by atoms with Crippen molar-refractivity contribution in [3.63, 3.8) is 0 Å². The topological polar surface area (TPSA) is 35.6 Å². The Kier molecular flexibility index (Phi) is 7.76. The molecular weight excluding hydrogens is 372 g/mol. The molecule has 1 saturated heterocycles. The summed E-state index contributed by atoms with van der Waals surface area (Å²) in [5.74, 6) is -0.599. The molecule has 1 N–H and O–H groups in total. The van der Waals surface area contributed by atoms with Crippen LogP contribution in [0, 0.1) is 11.6 Å². The van der Waals surface area contributed by atoms with E-state index in [1.165, 1.54) is 24.3 Å². The Balaban J connectivity index is 1.28. The Morgan fingerprint density at radius 2 is 1.69 bits per heavy atom. The van der Waals surface area contributed by atoms with Crippen molar-refractivity contribution < 1.29 is 13.6 Å². The van der Waals surface area contributed by atoms with E-state index in [1.54, 1.807) is 24.3 Å². The lowest BCUT2D eigenvalue weighted by molar-refractivity contribution is -0.116. The van der Waals surface area contributed by atoms with Gasteiger partial charge < -0.3 is 10.2 Å². The third-order valence-corrected chi connectivity index (χ3v) is 5.06. The summed E-state index contributed by atoms with van der Waals surface area (Å²) < 4.78 is 26.7. The maximum atomic E-state index is 13.9. The van der Waals surface area contributed by atoms with Crippen molar-refractivity contribution in [1.29, 1.82) is 0 Å². The van der Waals surface area contributed by atoms with E-state index in [-0.39, 0.29) is 17.5 Å². The minimum absolute atomic E-state index is 0.146. The minimum Gasteiger partial charge on any atom is -0.367 e. The van der Waals surface area contributed by atoms with Crippen molar-refractivity contribution in [1.82, 2.24) is 10.2 Å². The molecule has 3 rings (SSSR count). The molecule has 0 radical (unpaired) electrons. The van der Waals surface area contributed by atoms with E-state index in [9.17, 15) is 13.6 Å². The van der Waals surface area contributed by atoms with Gasteiger partial charge in [-0.05, 0) is 55.3 Å². The van der Waals surface area contributed by atoms with Gasteiger partial charge >= 0.3 is 0 Å².